The molecule has 2 aromatic rings. The number of nitrogens with one attached hydrogen (secondary N) is 1. The first-order chi connectivity index (χ1) is 18.2. The minimum Gasteiger partial charge on any atom is -0.465 e. The number of carbonyl (C=O) groups excluding carboxylic acids is 1. The molecule has 0 bridgehead atoms. The maximum Gasteiger partial charge on any atom is 0.410 e. The molecule has 0 aromatic heterocycles. The Hall–Kier alpha value is -3.42. The van der Waals surface area contributed by atoms with Crippen molar-refractivity contribution in [2.45, 2.75) is 92.6 Å². The molecule has 0 radical (unpaired) electrons. The standard InChI is InChI=1S/C31H46N4O4/c1-21(30(2,3)4)34(29(38)39-20-22-11-9-8-10-12-22)19-23-13-15-26(25(32)17-23)33-18-24-14-16-27(31(5,6)7)35(24)28(36)37/h8-13,15,17,21,24,27,33H,14,16,18-20,32H2,1-7H3,(H,36,37)/t21-,24?,27?/m0/s1. The molecule has 1 aliphatic rings. The molecule has 2 aromatic carbocycles. The van der Waals surface area contributed by atoms with Crippen molar-refractivity contribution >= 4 is 23.6 Å². The Morgan fingerprint density at radius 2 is 1.74 bits per heavy atom. The number of ether oxygens (including phenoxy) is 1. The van der Waals surface area contributed by atoms with Gasteiger partial charge in [0.2, 0.25) is 0 Å². The number of nitrogens with two attached hydrogens (primary N) is 1. The molecule has 214 valence electrons. The zero-order chi connectivity index (χ0) is 29.0. The average Bonchev–Trinajstić information content (AvgIpc) is 3.30. The van der Waals surface area contributed by atoms with Gasteiger partial charge >= 0.3 is 12.2 Å². The van der Waals surface area contributed by atoms with E-state index in [1.54, 1.807) is 9.80 Å². The first-order valence-electron chi connectivity index (χ1n) is 13.8. The summed E-state index contributed by atoms with van der Waals surface area (Å²) < 4.78 is 5.68. The van der Waals surface area contributed by atoms with E-state index < -0.39 is 6.09 Å². The van der Waals surface area contributed by atoms with E-state index in [0.717, 1.165) is 29.7 Å². The van der Waals surface area contributed by atoms with E-state index >= 15 is 0 Å². The zero-order valence-electron chi connectivity index (χ0n) is 24.5. The Bertz CT molecular complexity index is 1120. The van der Waals surface area contributed by atoms with E-state index in [2.05, 4.69) is 46.9 Å². The second-order valence-electron chi connectivity index (χ2n) is 12.8. The number of likely N-dealkylation sites (tertiary alicyclic amines) is 1. The quantitative estimate of drug-likeness (QED) is 0.319. The first-order valence-corrected chi connectivity index (χ1v) is 13.8. The molecular weight excluding hydrogens is 492 g/mol. The summed E-state index contributed by atoms with van der Waals surface area (Å²) in [5.41, 5.74) is 9.29. The smallest absolute Gasteiger partial charge is 0.410 e. The van der Waals surface area contributed by atoms with E-state index in [1.807, 2.05) is 55.5 Å². The molecule has 2 amide bonds. The molecule has 39 heavy (non-hydrogen) atoms. The highest BCUT2D eigenvalue weighted by Gasteiger charge is 2.42. The second-order valence-corrected chi connectivity index (χ2v) is 12.8. The van der Waals surface area contributed by atoms with E-state index in [9.17, 15) is 14.7 Å². The van der Waals surface area contributed by atoms with E-state index in [-0.39, 0.29) is 41.7 Å². The van der Waals surface area contributed by atoms with E-state index in [1.165, 1.54) is 0 Å². The SMILES string of the molecule is C[C@H](N(Cc1ccc(NCC2CCC(C(C)(C)C)N2C(=O)O)c(N)c1)C(=O)OCc1ccccc1)C(C)(C)C. The van der Waals surface area contributed by atoms with Gasteiger partial charge in [0.15, 0.2) is 0 Å². The van der Waals surface area contributed by atoms with E-state index in [4.69, 9.17) is 10.5 Å². The lowest BCUT2D eigenvalue weighted by atomic mass is 9.85. The predicted molar refractivity (Wildman–Crippen MR) is 157 cm³/mol. The number of rotatable bonds is 8. The van der Waals surface area contributed by atoms with Gasteiger partial charge in [-0.05, 0) is 53.9 Å². The Kier molecular flexibility index (Phi) is 9.41. The molecule has 1 aliphatic heterocycles. The molecule has 1 heterocycles. The largest absolute Gasteiger partial charge is 0.465 e. The van der Waals surface area contributed by atoms with Gasteiger partial charge in [0.25, 0.3) is 0 Å². The Labute approximate surface area is 233 Å². The van der Waals surface area contributed by atoms with Crippen LogP contribution in [0.15, 0.2) is 48.5 Å². The zero-order valence-corrected chi connectivity index (χ0v) is 24.5. The van der Waals surface area contributed by atoms with Crippen LogP contribution in [-0.4, -0.2) is 51.8 Å². The predicted octanol–water partition coefficient (Wildman–Crippen LogP) is 6.81. The van der Waals surface area contributed by atoms with Gasteiger partial charge in [0.1, 0.15) is 6.61 Å². The molecule has 3 rings (SSSR count). The van der Waals surface area contributed by atoms with Gasteiger partial charge < -0.3 is 30.7 Å². The number of nitrogen functional groups attached to an aromatic ring is 1. The molecule has 4 N–H and O–H groups in total. The second kappa shape index (κ2) is 12.2. The van der Waals surface area contributed by atoms with Crippen molar-refractivity contribution in [2.75, 3.05) is 17.6 Å². The third-order valence-corrected chi connectivity index (χ3v) is 7.88. The summed E-state index contributed by atoms with van der Waals surface area (Å²) >= 11 is 0. The average molecular weight is 539 g/mol. The van der Waals surface area contributed by atoms with Crippen molar-refractivity contribution in [3.63, 3.8) is 0 Å². The normalized spacial score (nSPS) is 18.5. The molecule has 8 heteroatoms. The lowest BCUT2D eigenvalue weighted by molar-refractivity contribution is 0.0540. The van der Waals surface area contributed by atoms with Crippen molar-refractivity contribution < 1.29 is 19.4 Å². The number of amides is 2. The minimum absolute atomic E-state index is 0.0149. The van der Waals surface area contributed by atoms with Gasteiger partial charge in [-0.3, -0.25) is 0 Å². The molecule has 0 spiro atoms. The summed E-state index contributed by atoms with van der Waals surface area (Å²) in [5, 5.41) is 13.2. The number of carboxylic acid groups (broad SMARTS) is 1. The minimum atomic E-state index is -0.880. The van der Waals surface area contributed by atoms with E-state index in [0.29, 0.717) is 18.8 Å². The van der Waals surface area contributed by atoms with Gasteiger partial charge in [-0.25, -0.2) is 9.59 Å². The summed E-state index contributed by atoms with van der Waals surface area (Å²) in [6.07, 6.45) is 0.406. The molecule has 0 saturated carbocycles. The Balaban J connectivity index is 1.69. The van der Waals surface area contributed by atoms with Gasteiger partial charge in [-0.1, -0.05) is 77.9 Å². The van der Waals surface area contributed by atoms with Crippen molar-refractivity contribution in [2.24, 2.45) is 10.8 Å². The van der Waals surface area contributed by atoms with Crippen LogP contribution in [0.4, 0.5) is 21.0 Å². The number of carbonyl (C=O) groups is 2. The van der Waals surface area contributed by atoms with Crippen LogP contribution in [0, 0.1) is 10.8 Å². The highest BCUT2D eigenvalue weighted by molar-refractivity contribution is 5.70. The molecule has 2 unspecified atom stereocenters. The monoisotopic (exact) mass is 538 g/mol. The van der Waals surface area contributed by atoms with Crippen LogP contribution in [0.1, 0.15) is 72.4 Å². The van der Waals surface area contributed by atoms with Gasteiger partial charge in [-0.2, -0.15) is 0 Å². The fraction of sp³-hybridized carbons (Fsp3) is 0.548. The summed E-state index contributed by atoms with van der Waals surface area (Å²) in [4.78, 5) is 28.6. The molecule has 3 atom stereocenters. The summed E-state index contributed by atoms with van der Waals surface area (Å²) in [6, 6.07) is 15.2. The van der Waals surface area contributed by atoms with Crippen LogP contribution in [0.5, 0.6) is 0 Å². The summed E-state index contributed by atoms with van der Waals surface area (Å²) in [7, 11) is 0. The first kappa shape index (κ1) is 30.1. The molecular formula is C31H46N4O4. The highest BCUT2D eigenvalue weighted by atomic mass is 16.6. The molecule has 8 nitrogen and oxygen atoms in total. The maximum absolute atomic E-state index is 13.2. The number of nitrogens with zero attached hydrogens (tertiary/aromatic N) is 2. The molecule has 1 saturated heterocycles. The van der Waals surface area contributed by atoms with Crippen molar-refractivity contribution in [1.29, 1.82) is 0 Å². The van der Waals surface area contributed by atoms with Crippen LogP contribution in [-0.2, 0) is 17.9 Å². The van der Waals surface area contributed by atoms with Gasteiger partial charge in [0, 0.05) is 25.2 Å². The lowest BCUT2D eigenvalue weighted by Crippen LogP contribution is -2.48. The fourth-order valence-electron chi connectivity index (χ4n) is 5.15. The summed E-state index contributed by atoms with van der Waals surface area (Å²) in [6.45, 7) is 15.6. The van der Waals surface area contributed by atoms with Crippen molar-refractivity contribution in [1.82, 2.24) is 9.80 Å². The third-order valence-electron chi connectivity index (χ3n) is 7.88. The van der Waals surface area contributed by atoms with Crippen LogP contribution in [0.3, 0.4) is 0 Å². The van der Waals surface area contributed by atoms with Crippen LogP contribution in [0.25, 0.3) is 0 Å². The van der Waals surface area contributed by atoms with Crippen molar-refractivity contribution in [3.05, 3.63) is 59.7 Å². The Morgan fingerprint density at radius 1 is 1.08 bits per heavy atom. The van der Waals surface area contributed by atoms with Gasteiger partial charge in [-0.15, -0.1) is 0 Å². The van der Waals surface area contributed by atoms with Crippen LogP contribution in [0.2, 0.25) is 0 Å². The van der Waals surface area contributed by atoms with Gasteiger partial charge in [0.05, 0.1) is 17.4 Å². The number of benzene rings is 2. The van der Waals surface area contributed by atoms with Crippen LogP contribution >= 0.6 is 0 Å². The summed E-state index contributed by atoms with van der Waals surface area (Å²) in [5.74, 6) is 0. The maximum atomic E-state index is 13.2. The number of hydrogen-bond acceptors (Lipinski definition) is 5. The van der Waals surface area contributed by atoms with Crippen molar-refractivity contribution in [3.8, 4) is 0 Å². The highest BCUT2D eigenvalue weighted by Crippen LogP contribution is 2.36. The Morgan fingerprint density at radius 3 is 2.31 bits per heavy atom. The number of anilines is 2. The lowest BCUT2D eigenvalue weighted by Gasteiger charge is -2.37. The molecule has 0 aliphatic carbocycles. The molecule has 1 fully saturated rings. The topological polar surface area (TPSA) is 108 Å². The number of hydrogen-bond donors (Lipinski definition) is 3. The fourth-order valence-corrected chi connectivity index (χ4v) is 5.15. The van der Waals surface area contributed by atoms with Crippen LogP contribution < -0.4 is 11.1 Å². The third kappa shape index (κ3) is 7.80.